The Kier molecular flexibility index (Phi) is 3.02. The van der Waals surface area contributed by atoms with E-state index < -0.39 is 5.97 Å². The fourth-order valence-electron chi connectivity index (χ4n) is 2.06. The minimum absolute atomic E-state index is 0.00236. The molecule has 0 bridgehead atoms. The van der Waals surface area contributed by atoms with E-state index in [4.69, 9.17) is 9.84 Å². The van der Waals surface area contributed by atoms with Gasteiger partial charge in [-0.2, -0.15) is 0 Å². The van der Waals surface area contributed by atoms with Crippen molar-refractivity contribution < 1.29 is 14.6 Å². The molecule has 2 atom stereocenters. The quantitative estimate of drug-likeness (QED) is 0.803. The van der Waals surface area contributed by atoms with Crippen molar-refractivity contribution in [3.05, 3.63) is 35.9 Å². The second kappa shape index (κ2) is 4.45. The van der Waals surface area contributed by atoms with Crippen molar-refractivity contribution in [2.24, 2.45) is 5.92 Å². The van der Waals surface area contributed by atoms with Crippen LogP contribution in [-0.4, -0.2) is 24.3 Å². The second-order valence-electron chi connectivity index (χ2n) is 3.83. The third kappa shape index (κ3) is 2.18. The first-order valence-electron chi connectivity index (χ1n) is 5.14. The smallest absolute Gasteiger partial charge is 0.307 e. The number of carbonyl (C=O) groups is 1. The maximum atomic E-state index is 11.1. The Morgan fingerprint density at radius 3 is 2.73 bits per heavy atom. The summed E-state index contributed by atoms with van der Waals surface area (Å²) < 4.78 is 5.35. The van der Waals surface area contributed by atoms with Gasteiger partial charge in [0.2, 0.25) is 0 Å². The van der Waals surface area contributed by atoms with Gasteiger partial charge in [-0.25, -0.2) is 0 Å². The van der Waals surface area contributed by atoms with Gasteiger partial charge in [0.1, 0.15) is 0 Å². The highest BCUT2D eigenvalue weighted by molar-refractivity contribution is 5.71. The normalized spacial score (nSPS) is 26.1. The number of rotatable bonds is 2. The van der Waals surface area contributed by atoms with E-state index in [0.29, 0.717) is 19.6 Å². The number of carboxylic acids is 1. The molecule has 0 aliphatic carbocycles. The Labute approximate surface area is 88.7 Å². The van der Waals surface area contributed by atoms with Gasteiger partial charge < -0.3 is 9.84 Å². The first-order valence-corrected chi connectivity index (χ1v) is 5.14. The Morgan fingerprint density at radius 1 is 1.33 bits per heavy atom. The predicted molar refractivity (Wildman–Crippen MR) is 55.7 cm³/mol. The summed E-state index contributed by atoms with van der Waals surface area (Å²) in [7, 11) is 0. The van der Waals surface area contributed by atoms with Gasteiger partial charge >= 0.3 is 5.97 Å². The second-order valence-corrected chi connectivity index (χ2v) is 3.83. The van der Waals surface area contributed by atoms with Crippen LogP contribution in [0.2, 0.25) is 0 Å². The molecule has 80 valence electrons. The lowest BCUT2D eigenvalue weighted by Crippen LogP contribution is -2.31. The van der Waals surface area contributed by atoms with Gasteiger partial charge in [0.15, 0.2) is 0 Å². The number of ether oxygens (including phenoxy) is 1. The molecule has 1 saturated heterocycles. The summed E-state index contributed by atoms with van der Waals surface area (Å²) in [6.07, 6.45) is 0.606. The molecule has 3 nitrogen and oxygen atoms in total. The molecule has 1 N–H and O–H groups in total. The van der Waals surface area contributed by atoms with Gasteiger partial charge in [-0.1, -0.05) is 30.3 Å². The highest BCUT2D eigenvalue weighted by Crippen LogP contribution is 2.31. The summed E-state index contributed by atoms with van der Waals surface area (Å²) in [5.41, 5.74) is 1.06. The molecule has 1 aromatic carbocycles. The average molecular weight is 206 g/mol. The van der Waals surface area contributed by atoms with Crippen LogP contribution in [0.25, 0.3) is 0 Å². The van der Waals surface area contributed by atoms with Crippen LogP contribution in [0.3, 0.4) is 0 Å². The van der Waals surface area contributed by atoms with E-state index in [9.17, 15) is 4.79 Å². The molecule has 1 aliphatic heterocycles. The molecule has 1 aromatic rings. The molecule has 0 amide bonds. The number of benzene rings is 1. The maximum absolute atomic E-state index is 11.1. The van der Waals surface area contributed by atoms with Gasteiger partial charge in [0.05, 0.1) is 12.5 Å². The van der Waals surface area contributed by atoms with Crippen LogP contribution in [-0.2, 0) is 9.53 Å². The van der Waals surface area contributed by atoms with E-state index in [1.165, 1.54) is 0 Å². The molecule has 1 unspecified atom stereocenters. The third-order valence-corrected chi connectivity index (χ3v) is 2.90. The fraction of sp³-hybridized carbons (Fsp3) is 0.417. The zero-order valence-corrected chi connectivity index (χ0v) is 8.43. The summed E-state index contributed by atoms with van der Waals surface area (Å²) in [4.78, 5) is 11.1. The Morgan fingerprint density at radius 2 is 2.07 bits per heavy atom. The Hall–Kier alpha value is -1.35. The third-order valence-electron chi connectivity index (χ3n) is 2.90. The predicted octanol–water partition coefficient (Wildman–Crippen LogP) is 1.89. The zero-order valence-electron chi connectivity index (χ0n) is 8.43. The molecule has 0 spiro atoms. The molecule has 0 aromatic heterocycles. The molecule has 0 radical (unpaired) electrons. The van der Waals surface area contributed by atoms with Crippen LogP contribution in [0.1, 0.15) is 17.9 Å². The summed E-state index contributed by atoms with van der Waals surface area (Å²) in [6, 6.07) is 9.74. The van der Waals surface area contributed by atoms with E-state index in [0.717, 1.165) is 5.56 Å². The molecule has 1 heterocycles. The lowest BCUT2D eigenvalue weighted by Gasteiger charge is -2.28. The molecular weight excluding hydrogens is 192 g/mol. The van der Waals surface area contributed by atoms with Crippen molar-refractivity contribution in [2.75, 3.05) is 13.2 Å². The van der Waals surface area contributed by atoms with Crippen molar-refractivity contribution >= 4 is 5.97 Å². The zero-order chi connectivity index (χ0) is 10.7. The average Bonchev–Trinajstić information content (AvgIpc) is 2.30. The first kappa shape index (κ1) is 10.2. The van der Waals surface area contributed by atoms with E-state index in [1.54, 1.807) is 0 Å². The Balaban J connectivity index is 2.22. The molecule has 0 saturated carbocycles. The number of aliphatic carboxylic acids is 1. The van der Waals surface area contributed by atoms with E-state index in [1.807, 2.05) is 30.3 Å². The van der Waals surface area contributed by atoms with E-state index in [2.05, 4.69) is 0 Å². The van der Waals surface area contributed by atoms with Gasteiger partial charge in [-0.3, -0.25) is 4.79 Å². The van der Waals surface area contributed by atoms with E-state index in [-0.39, 0.29) is 11.8 Å². The number of hydrogen-bond acceptors (Lipinski definition) is 2. The van der Waals surface area contributed by atoms with Crippen molar-refractivity contribution in [3.63, 3.8) is 0 Å². The molecule has 1 aliphatic rings. The number of hydrogen-bond donors (Lipinski definition) is 1. The van der Waals surface area contributed by atoms with Crippen LogP contribution in [0.4, 0.5) is 0 Å². The maximum Gasteiger partial charge on any atom is 0.307 e. The standard InChI is InChI=1S/C12H14O3/c13-12(14)10-6-7-15-8-11(10)9-4-2-1-3-5-9/h1-5,10-11H,6-8H2,(H,13,14)/t10-,11?/m0/s1. The summed E-state index contributed by atoms with van der Waals surface area (Å²) >= 11 is 0. The van der Waals surface area contributed by atoms with Crippen LogP contribution >= 0.6 is 0 Å². The SMILES string of the molecule is O=C(O)[C@H]1CCOCC1c1ccccc1. The van der Waals surface area contributed by atoms with E-state index >= 15 is 0 Å². The highest BCUT2D eigenvalue weighted by Gasteiger charge is 2.32. The van der Waals surface area contributed by atoms with Crippen molar-refractivity contribution in [1.82, 2.24) is 0 Å². The summed E-state index contributed by atoms with van der Waals surface area (Å²) in [5.74, 6) is -1.02. The van der Waals surface area contributed by atoms with Crippen LogP contribution in [0, 0.1) is 5.92 Å². The minimum Gasteiger partial charge on any atom is -0.481 e. The largest absolute Gasteiger partial charge is 0.481 e. The van der Waals surface area contributed by atoms with Crippen molar-refractivity contribution in [1.29, 1.82) is 0 Å². The molecule has 2 rings (SSSR count). The number of carboxylic acid groups (broad SMARTS) is 1. The lowest BCUT2D eigenvalue weighted by molar-refractivity contribution is -0.146. The topological polar surface area (TPSA) is 46.5 Å². The lowest BCUT2D eigenvalue weighted by atomic mass is 9.83. The van der Waals surface area contributed by atoms with Gasteiger partial charge in [0, 0.05) is 12.5 Å². The van der Waals surface area contributed by atoms with Gasteiger partial charge in [0.25, 0.3) is 0 Å². The Bertz CT molecular complexity index is 334. The summed E-state index contributed by atoms with van der Waals surface area (Å²) in [6.45, 7) is 1.07. The van der Waals surface area contributed by atoms with Gasteiger partial charge in [-0.05, 0) is 12.0 Å². The minimum atomic E-state index is -0.716. The molecule has 1 fully saturated rings. The fourth-order valence-corrected chi connectivity index (χ4v) is 2.06. The van der Waals surface area contributed by atoms with Crippen molar-refractivity contribution in [3.8, 4) is 0 Å². The highest BCUT2D eigenvalue weighted by atomic mass is 16.5. The molecular formula is C12H14O3. The molecule has 3 heteroatoms. The van der Waals surface area contributed by atoms with Crippen molar-refractivity contribution in [2.45, 2.75) is 12.3 Å². The van der Waals surface area contributed by atoms with Crippen LogP contribution in [0.5, 0.6) is 0 Å². The van der Waals surface area contributed by atoms with Crippen LogP contribution in [0.15, 0.2) is 30.3 Å². The monoisotopic (exact) mass is 206 g/mol. The van der Waals surface area contributed by atoms with Crippen LogP contribution < -0.4 is 0 Å². The summed E-state index contributed by atoms with van der Waals surface area (Å²) in [5, 5.41) is 9.11. The molecule has 15 heavy (non-hydrogen) atoms. The van der Waals surface area contributed by atoms with Gasteiger partial charge in [-0.15, -0.1) is 0 Å². The first-order chi connectivity index (χ1) is 7.29.